The summed E-state index contributed by atoms with van der Waals surface area (Å²) in [5.74, 6) is -0.519. The van der Waals surface area contributed by atoms with Crippen LogP contribution >= 0.6 is 12.6 Å². The molecule has 0 radical (unpaired) electrons. The number of halogens is 1. The van der Waals surface area contributed by atoms with Gasteiger partial charge in [-0.2, -0.15) is 17.7 Å². The topological polar surface area (TPSA) is 64.4 Å². The van der Waals surface area contributed by atoms with Crippen molar-refractivity contribution in [1.82, 2.24) is 14.7 Å². The summed E-state index contributed by atoms with van der Waals surface area (Å²) in [5, 5.41) is 4.51. The standard InChI is InChI=1S/C26H32FN3O3S/c1-2-3-14-33-24(31)17-30-13-10-20(28-30)15-19-16-29(12-11-23(19)34)25(26(32)18-8-9-18)21-6-4-5-7-22(21)27/h4-7,10,13,15,18,23,25,34H,2-3,8-9,11-12,14,16-17H2,1H3/b19-15+. The molecule has 2 unspecified atom stereocenters. The Labute approximate surface area is 205 Å². The van der Waals surface area contributed by atoms with E-state index in [2.05, 4.69) is 10.00 Å². The molecule has 2 aromatic rings. The number of carbonyl (C=O) groups is 2. The fourth-order valence-electron chi connectivity index (χ4n) is 4.31. The minimum Gasteiger partial charge on any atom is -0.464 e. The second-order valence-corrected chi connectivity index (χ2v) is 9.73. The Balaban J connectivity index is 1.49. The van der Waals surface area contributed by atoms with Gasteiger partial charge in [0.25, 0.3) is 0 Å². The Morgan fingerprint density at radius 1 is 1.26 bits per heavy atom. The maximum atomic E-state index is 14.7. The molecule has 1 saturated carbocycles. The lowest BCUT2D eigenvalue weighted by atomic mass is 9.93. The summed E-state index contributed by atoms with van der Waals surface area (Å²) in [6, 6.07) is 7.83. The van der Waals surface area contributed by atoms with Gasteiger partial charge in [0.15, 0.2) is 5.78 Å². The molecule has 2 heterocycles. The molecule has 0 N–H and O–H groups in total. The zero-order valence-corrected chi connectivity index (χ0v) is 20.4. The predicted molar refractivity (Wildman–Crippen MR) is 132 cm³/mol. The van der Waals surface area contributed by atoms with Crippen LogP contribution < -0.4 is 0 Å². The molecule has 8 heteroatoms. The van der Waals surface area contributed by atoms with E-state index < -0.39 is 6.04 Å². The van der Waals surface area contributed by atoms with E-state index in [9.17, 15) is 14.0 Å². The summed E-state index contributed by atoms with van der Waals surface area (Å²) >= 11 is 4.76. The van der Waals surface area contributed by atoms with Crippen LogP contribution in [0.15, 0.2) is 42.1 Å². The molecular formula is C26H32FN3O3S. The van der Waals surface area contributed by atoms with Crippen molar-refractivity contribution in [2.45, 2.75) is 56.9 Å². The SMILES string of the molecule is CCCCOC(=O)Cn1ccc(/C=C2\CN(C(C(=O)C3CC3)c3ccccc3F)CCC2S)n1. The van der Waals surface area contributed by atoms with Gasteiger partial charge < -0.3 is 4.74 Å². The van der Waals surface area contributed by atoms with E-state index in [1.54, 1.807) is 29.1 Å². The highest BCUT2D eigenvalue weighted by molar-refractivity contribution is 7.81. The molecule has 0 amide bonds. The Bertz CT molecular complexity index is 1050. The first kappa shape index (κ1) is 24.7. The number of hydrogen-bond acceptors (Lipinski definition) is 6. The fraction of sp³-hybridized carbons (Fsp3) is 0.500. The van der Waals surface area contributed by atoms with Crippen LogP contribution in [0.25, 0.3) is 6.08 Å². The molecule has 2 atom stereocenters. The molecular weight excluding hydrogens is 453 g/mol. The Morgan fingerprint density at radius 3 is 2.79 bits per heavy atom. The molecule has 0 bridgehead atoms. The maximum Gasteiger partial charge on any atom is 0.327 e. The summed E-state index contributed by atoms with van der Waals surface area (Å²) in [5.41, 5.74) is 2.19. The molecule has 4 rings (SSSR count). The van der Waals surface area contributed by atoms with Crippen LogP contribution in [0.4, 0.5) is 4.39 Å². The van der Waals surface area contributed by atoms with Crippen molar-refractivity contribution in [2.75, 3.05) is 19.7 Å². The van der Waals surface area contributed by atoms with Gasteiger partial charge in [-0.3, -0.25) is 19.2 Å². The number of ether oxygens (including phenoxy) is 1. The fourth-order valence-corrected chi connectivity index (χ4v) is 4.58. The van der Waals surface area contributed by atoms with Crippen molar-refractivity contribution >= 4 is 30.5 Å². The van der Waals surface area contributed by atoms with Gasteiger partial charge in [-0.05, 0) is 49.5 Å². The van der Waals surface area contributed by atoms with Crippen LogP contribution in [-0.2, 0) is 20.9 Å². The molecule has 2 fully saturated rings. The lowest BCUT2D eigenvalue weighted by Crippen LogP contribution is -2.42. The van der Waals surface area contributed by atoms with Crippen LogP contribution in [0.2, 0.25) is 0 Å². The average Bonchev–Trinajstić information content (AvgIpc) is 3.58. The Kier molecular flexibility index (Phi) is 8.21. The number of rotatable bonds is 10. The number of carbonyl (C=O) groups excluding carboxylic acids is 2. The van der Waals surface area contributed by atoms with Crippen molar-refractivity contribution < 1.29 is 18.7 Å². The Hall–Kier alpha value is -2.45. The zero-order chi connectivity index (χ0) is 24.1. The first-order chi connectivity index (χ1) is 16.5. The van der Waals surface area contributed by atoms with Crippen LogP contribution in [0.3, 0.4) is 0 Å². The maximum absolute atomic E-state index is 14.7. The zero-order valence-electron chi connectivity index (χ0n) is 19.5. The number of ketones is 1. The number of unbranched alkanes of at least 4 members (excludes halogenated alkanes) is 1. The smallest absolute Gasteiger partial charge is 0.327 e. The van der Waals surface area contributed by atoms with Gasteiger partial charge in [0.05, 0.1) is 18.3 Å². The van der Waals surface area contributed by atoms with E-state index in [0.717, 1.165) is 37.7 Å². The number of aromatic nitrogens is 2. The number of hydrogen-bond donors (Lipinski definition) is 1. The lowest BCUT2D eigenvalue weighted by molar-refractivity contribution is -0.144. The summed E-state index contributed by atoms with van der Waals surface area (Å²) in [7, 11) is 0. The quantitative estimate of drug-likeness (QED) is 0.306. The number of nitrogens with zero attached hydrogens (tertiary/aromatic N) is 3. The minimum atomic E-state index is -0.589. The van der Waals surface area contributed by atoms with Gasteiger partial charge in [-0.1, -0.05) is 31.5 Å². The number of Topliss-reactive ketones (excluding diaryl/α,β-unsaturated/α-hetero) is 1. The van der Waals surface area contributed by atoms with Crippen molar-refractivity contribution in [3.63, 3.8) is 0 Å². The highest BCUT2D eigenvalue weighted by atomic mass is 32.1. The van der Waals surface area contributed by atoms with Crippen LogP contribution in [0.5, 0.6) is 0 Å². The molecule has 1 aliphatic carbocycles. The van der Waals surface area contributed by atoms with Crippen LogP contribution in [0.1, 0.15) is 56.3 Å². The molecule has 182 valence electrons. The average molecular weight is 486 g/mol. The van der Waals surface area contributed by atoms with Gasteiger partial charge in [0.1, 0.15) is 12.4 Å². The lowest BCUT2D eigenvalue weighted by Gasteiger charge is -2.37. The van der Waals surface area contributed by atoms with E-state index in [1.165, 1.54) is 6.07 Å². The molecule has 34 heavy (non-hydrogen) atoms. The normalized spacial score (nSPS) is 20.9. The van der Waals surface area contributed by atoms with E-state index in [4.69, 9.17) is 17.4 Å². The summed E-state index contributed by atoms with van der Waals surface area (Å²) in [6.45, 7) is 3.71. The number of esters is 1. The number of piperidine rings is 1. The van der Waals surface area contributed by atoms with E-state index in [-0.39, 0.29) is 35.3 Å². The third-order valence-electron chi connectivity index (χ3n) is 6.36. The molecule has 1 aromatic carbocycles. The second kappa shape index (κ2) is 11.3. The Morgan fingerprint density at radius 2 is 2.06 bits per heavy atom. The highest BCUT2D eigenvalue weighted by Crippen LogP contribution is 2.39. The predicted octanol–water partition coefficient (Wildman–Crippen LogP) is 4.47. The van der Waals surface area contributed by atoms with E-state index in [1.807, 2.05) is 19.1 Å². The molecule has 1 saturated heterocycles. The highest BCUT2D eigenvalue weighted by Gasteiger charge is 2.40. The van der Waals surface area contributed by atoms with Crippen molar-refractivity contribution in [3.8, 4) is 0 Å². The van der Waals surface area contributed by atoms with Crippen molar-refractivity contribution in [2.24, 2.45) is 5.92 Å². The summed E-state index contributed by atoms with van der Waals surface area (Å²) in [6.07, 6.45) is 8.05. The second-order valence-electron chi connectivity index (χ2n) is 9.11. The van der Waals surface area contributed by atoms with Gasteiger partial charge >= 0.3 is 5.97 Å². The molecule has 0 spiro atoms. The molecule has 1 aromatic heterocycles. The number of thiol groups is 1. The van der Waals surface area contributed by atoms with Crippen molar-refractivity contribution in [1.29, 1.82) is 0 Å². The first-order valence-corrected chi connectivity index (χ1v) is 12.6. The summed E-state index contributed by atoms with van der Waals surface area (Å²) in [4.78, 5) is 27.2. The number of likely N-dealkylation sites (tertiary alicyclic amines) is 1. The van der Waals surface area contributed by atoms with Crippen LogP contribution in [-0.4, -0.2) is 51.4 Å². The van der Waals surface area contributed by atoms with E-state index >= 15 is 0 Å². The summed E-state index contributed by atoms with van der Waals surface area (Å²) < 4.78 is 21.5. The monoisotopic (exact) mass is 485 g/mol. The molecule has 1 aliphatic heterocycles. The van der Waals surface area contributed by atoms with Crippen molar-refractivity contribution in [3.05, 3.63) is 59.2 Å². The van der Waals surface area contributed by atoms with Gasteiger partial charge in [0.2, 0.25) is 0 Å². The molecule has 6 nitrogen and oxygen atoms in total. The van der Waals surface area contributed by atoms with Gasteiger partial charge in [-0.25, -0.2) is 4.39 Å². The third-order valence-corrected chi connectivity index (χ3v) is 6.95. The minimum absolute atomic E-state index is 0.0257. The van der Waals surface area contributed by atoms with E-state index in [0.29, 0.717) is 31.0 Å². The van der Waals surface area contributed by atoms with Crippen LogP contribution in [0, 0.1) is 11.7 Å². The largest absolute Gasteiger partial charge is 0.464 e. The number of benzene rings is 1. The third kappa shape index (κ3) is 6.16. The van der Waals surface area contributed by atoms with Gasteiger partial charge in [0, 0.05) is 36.0 Å². The molecule has 2 aliphatic rings. The first-order valence-electron chi connectivity index (χ1n) is 12.1. The van der Waals surface area contributed by atoms with Gasteiger partial charge in [-0.15, -0.1) is 0 Å².